The molecule has 0 spiro atoms. The van der Waals surface area contributed by atoms with E-state index in [4.69, 9.17) is 10.5 Å². The first-order chi connectivity index (χ1) is 8.56. The summed E-state index contributed by atoms with van der Waals surface area (Å²) < 4.78 is 4.97. The van der Waals surface area contributed by atoms with E-state index < -0.39 is 5.54 Å². The smallest absolute Gasteiger partial charge is 0.325 e. The standard InChI is InChI=1S/C14H27NO2S/c1-3-17-13(16)14(2,15)9-6-10-18-11-12-7-4-5-8-12/h12H,3-11,15H2,1-2H3. The summed E-state index contributed by atoms with van der Waals surface area (Å²) in [5, 5.41) is 0. The Kier molecular flexibility index (Phi) is 7.08. The van der Waals surface area contributed by atoms with Crippen molar-refractivity contribution in [1.29, 1.82) is 0 Å². The van der Waals surface area contributed by atoms with Gasteiger partial charge in [0, 0.05) is 0 Å². The van der Waals surface area contributed by atoms with Crippen LogP contribution >= 0.6 is 11.8 Å². The van der Waals surface area contributed by atoms with Gasteiger partial charge in [-0.1, -0.05) is 12.8 Å². The third-order valence-corrected chi connectivity index (χ3v) is 4.84. The fraction of sp³-hybridized carbons (Fsp3) is 0.929. The van der Waals surface area contributed by atoms with Crippen molar-refractivity contribution < 1.29 is 9.53 Å². The molecule has 1 saturated carbocycles. The zero-order chi connectivity index (χ0) is 13.4. The van der Waals surface area contributed by atoms with E-state index in [1.165, 1.54) is 31.4 Å². The number of rotatable bonds is 8. The van der Waals surface area contributed by atoms with Crippen LogP contribution in [-0.2, 0) is 9.53 Å². The van der Waals surface area contributed by atoms with Crippen molar-refractivity contribution in [3.05, 3.63) is 0 Å². The van der Waals surface area contributed by atoms with Gasteiger partial charge in [0.25, 0.3) is 0 Å². The van der Waals surface area contributed by atoms with Gasteiger partial charge in [-0.15, -0.1) is 0 Å². The predicted octanol–water partition coefficient (Wildman–Crippen LogP) is 2.97. The van der Waals surface area contributed by atoms with Gasteiger partial charge in [0.1, 0.15) is 5.54 Å². The summed E-state index contributed by atoms with van der Waals surface area (Å²) in [6.45, 7) is 3.99. The van der Waals surface area contributed by atoms with E-state index in [9.17, 15) is 4.79 Å². The Morgan fingerprint density at radius 2 is 2.11 bits per heavy atom. The van der Waals surface area contributed by atoms with Crippen LogP contribution in [0.1, 0.15) is 52.4 Å². The summed E-state index contributed by atoms with van der Waals surface area (Å²) in [7, 11) is 0. The lowest BCUT2D eigenvalue weighted by molar-refractivity contribution is -0.149. The first-order valence-corrected chi connectivity index (χ1v) is 8.25. The number of carbonyl (C=O) groups excluding carboxylic acids is 1. The fourth-order valence-electron chi connectivity index (χ4n) is 2.37. The molecule has 0 amide bonds. The Bertz CT molecular complexity index is 250. The molecule has 3 nitrogen and oxygen atoms in total. The summed E-state index contributed by atoms with van der Waals surface area (Å²) in [6.07, 6.45) is 7.34. The van der Waals surface area contributed by atoms with Gasteiger partial charge in [-0.3, -0.25) is 4.79 Å². The SMILES string of the molecule is CCOC(=O)C(C)(N)CCCSCC1CCCC1. The van der Waals surface area contributed by atoms with Crippen molar-refractivity contribution in [2.75, 3.05) is 18.1 Å². The number of nitrogens with two attached hydrogens (primary N) is 1. The number of ether oxygens (including phenoxy) is 1. The van der Waals surface area contributed by atoms with E-state index >= 15 is 0 Å². The van der Waals surface area contributed by atoms with Gasteiger partial charge in [0.15, 0.2) is 0 Å². The van der Waals surface area contributed by atoms with E-state index in [2.05, 4.69) is 0 Å². The minimum Gasteiger partial charge on any atom is -0.465 e. The van der Waals surface area contributed by atoms with Crippen LogP contribution in [0.15, 0.2) is 0 Å². The monoisotopic (exact) mass is 273 g/mol. The molecule has 1 fully saturated rings. The van der Waals surface area contributed by atoms with Crippen molar-refractivity contribution in [2.24, 2.45) is 11.7 Å². The molecule has 106 valence electrons. The Labute approximate surface area is 115 Å². The molecular formula is C14H27NO2S. The maximum atomic E-state index is 11.6. The highest BCUT2D eigenvalue weighted by atomic mass is 32.2. The Morgan fingerprint density at radius 1 is 1.44 bits per heavy atom. The molecule has 0 bridgehead atoms. The van der Waals surface area contributed by atoms with Gasteiger partial charge in [0.05, 0.1) is 6.61 Å². The highest BCUT2D eigenvalue weighted by molar-refractivity contribution is 7.99. The summed E-state index contributed by atoms with van der Waals surface area (Å²) in [4.78, 5) is 11.6. The van der Waals surface area contributed by atoms with E-state index in [0.29, 0.717) is 13.0 Å². The molecule has 0 aromatic heterocycles. The molecule has 0 aromatic carbocycles. The molecule has 0 radical (unpaired) electrons. The number of hydrogen-bond acceptors (Lipinski definition) is 4. The first-order valence-electron chi connectivity index (χ1n) is 7.10. The summed E-state index contributed by atoms with van der Waals surface area (Å²) in [5.41, 5.74) is 5.15. The van der Waals surface area contributed by atoms with Crippen LogP contribution in [0.2, 0.25) is 0 Å². The maximum Gasteiger partial charge on any atom is 0.325 e. The number of hydrogen-bond donors (Lipinski definition) is 1. The van der Waals surface area contributed by atoms with Gasteiger partial charge in [-0.2, -0.15) is 11.8 Å². The fourth-order valence-corrected chi connectivity index (χ4v) is 3.55. The largest absolute Gasteiger partial charge is 0.465 e. The Balaban J connectivity index is 2.06. The zero-order valence-corrected chi connectivity index (χ0v) is 12.6. The van der Waals surface area contributed by atoms with Crippen LogP contribution in [-0.4, -0.2) is 29.6 Å². The molecular weight excluding hydrogens is 246 g/mol. The van der Waals surface area contributed by atoms with Crippen LogP contribution in [0.25, 0.3) is 0 Å². The lowest BCUT2D eigenvalue weighted by Crippen LogP contribution is -2.46. The first kappa shape index (κ1) is 15.8. The molecule has 0 saturated heterocycles. The van der Waals surface area contributed by atoms with Gasteiger partial charge in [-0.25, -0.2) is 0 Å². The second kappa shape index (κ2) is 8.05. The average molecular weight is 273 g/mol. The molecule has 1 unspecified atom stereocenters. The molecule has 0 heterocycles. The highest BCUT2D eigenvalue weighted by Crippen LogP contribution is 2.28. The van der Waals surface area contributed by atoms with Crippen LogP contribution in [0.5, 0.6) is 0 Å². The molecule has 0 aromatic rings. The van der Waals surface area contributed by atoms with E-state index in [1.807, 2.05) is 18.7 Å². The van der Waals surface area contributed by atoms with Gasteiger partial charge >= 0.3 is 5.97 Å². The van der Waals surface area contributed by atoms with Crippen molar-refractivity contribution in [3.8, 4) is 0 Å². The molecule has 1 aliphatic rings. The summed E-state index contributed by atoms with van der Waals surface area (Å²) in [5.74, 6) is 3.04. The van der Waals surface area contributed by atoms with Crippen LogP contribution < -0.4 is 5.73 Å². The minimum absolute atomic E-state index is 0.272. The second-order valence-corrected chi connectivity index (χ2v) is 6.62. The third-order valence-electron chi connectivity index (χ3n) is 3.55. The quantitative estimate of drug-likeness (QED) is 0.545. The average Bonchev–Trinajstić information content (AvgIpc) is 2.82. The predicted molar refractivity (Wildman–Crippen MR) is 77.7 cm³/mol. The van der Waals surface area contributed by atoms with Crippen molar-refractivity contribution in [1.82, 2.24) is 0 Å². The molecule has 0 aliphatic heterocycles. The van der Waals surface area contributed by atoms with Crippen LogP contribution in [0.3, 0.4) is 0 Å². The van der Waals surface area contributed by atoms with E-state index in [0.717, 1.165) is 18.1 Å². The maximum absolute atomic E-state index is 11.6. The van der Waals surface area contributed by atoms with Crippen molar-refractivity contribution >= 4 is 17.7 Å². The molecule has 1 atom stereocenters. The topological polar surface area (TPSA) is 52.3 Å². The second-order valence-electron chi connectivity index (χ2n) is 5.47. The van der Waals surface area contributed by atoms with Crippen molar-refractivity contribution in [3.63, 3.8) is 0 Å². The van der Waals surface area contributed by atoms with Gasteiger partial charge < -0.3 is 10.5 Å². The highest BCUT2D eigenvalue weighted by Gasteiger charge is 2.29. The van der Waals surface area contributed by atoms with Gasteiger partial charge in [-0.05, 0) is 57.0 Å². The van der Waals surface area contributed by atoms with Gasteiger partial charge in [0.2, 0.25) is 0 Å². The van der Waals surface area contributed by atoms with Crippen molar-refractivity contribution in [2.45, 2.75) is 57.9 Å². The Hall–Kier alpha value is -0.220. The van der Waals surface area contributed by atoms with Crippen LogP contribution in [0, 0.1) is 5.92 Å². The Morgan fingerprint density at radius 3 is 2.72 bits per heavy atom. The molecule has 18 heavy (non-hydrogen) atoms. The summed E-state index contributed by atoms with van der Waals surface area (Å²) >= 11 is 2.01. The molecule has 1 rings (SSSR count). The summed E-state index contributed by atoms with van der Waals surface area (Å²) in [6, 6.07) is 0. The number of thioether (sulfide) groups is 1. The normalized spacial score (nSPS) is 19.7. The van der Waals surface area contributed by atoms with Crippen LogP contribution in [0.4, 0.5) is 0 Å². The zero-order valence-electron chi connectivity index (χ0n) is 11.7. The lowest BCUT2D eigenvalue weighted by atomic mass is 9.98. The molecule has 4 heteroatoms. The molecule has 1 aliphatic carbocycles. The minimum atomic E-state index is -0.816. The third kappa shape index (κ3) is 5.61. The lowest BCUT2D eigenvalue weighted by Gasteiger charge is -2.22. The number of carbonyl (C=O) groups is 1. The van der Waals surface area contributed by atoms with E-state index in [1.54, 1.807) is 6.92 Å². The number of esters is 1. The molecule has 2 N–H and O–H groups in total. The van der Waals surface area contributed by atoms with E-state index in [-0.39, 0.29) is 5.97 Å².